The molecule has 208 valence electrons. The van der Waals surface area contributed by atoms with Gasteiger partial charge in [0.1, 0.15) is 36.9 Å². The maximum absolute atomic E-state index is 12.5. The highest BCUT2D eigenvalue weighted by Crippen LogP contribution is 2.64. The van der Waals surface area contributed by atoms with Gasteiger partial charge in [-0.15, -0.1) is 0 Å². The minimum absolute atomic E-state index is 0.0286. The van der Waals surface area contributed by atoms with Crippen molar-refractivity contribution in [3.63, 3.8) is 0 Å². The van der Waals surface area contributed by atoms with Crippen molar-refractivity contribution in [3.8, 4) is 11.5 Å². The van der Waals surface area contributed by atoms with Gasteiger partial charge in [-0.2, -0.15) is 0 Å². The molecule has 2 atom stereocenters. The number of carbonyl (C=O) groups is 2. The van der Waals surface area contributed by atoms with Crippen LogP contribution in [-0.2, 0) is 35.2 Å². The van der Waals surface area contributed by atoms with Crippen molar-refractivity contribution in [2.24, 2.45) is 0 Å². The highest BCUT2D eigenvalue weighted by molar-refractivity contribution is 5.69. The molecule has 0 bridgehead atoms. The minimum Gasteiger partial charge on any atom is -0.431 e. The molecule has 2 saturated heterocycles. The average molecular weight is 537 g/mol. The first-order chi connectivity index (χ1) is 18.4. The van der Waals surface area contributed by atoms with Gasteiger partial charge >= 0.3 is 12.3 Å². The van der Waals surface area contributed by atoms with Crippen LogP contribution < -0.4 is 9.47 Å². The Labute approximate surface area is 228 Å². The van der Waals surface area contributed by atoms with Crippen LogP contribution in [0.2, 0.25) is 0 Å². The normalized spacial score (nSPS) is 26.5. The highest BCUT2D eigenvalue weighted by atomic mass is 16.7. The van der Waals surface area contributed by atoms with Crippen LogP contribution in [0.25, 0.3) is 0 Å². The third kappa shape index (κ3) is 4.78. The van der Waals surface area contributed by atoms with E-state index in [2.05, 4.69) is 39.8 Å². The molecule has 0 amide bonds. The molecule has 1 spiro atoms. The van der Waals surface area contributed by atoms with E-state index in [1.54, 1.807) is 0 Å². The van der Waals surface area contributed by atoms with Gasteiger partial charge in [-0.3, -0.25) is 0 Å². The van der Waals surface area contributed by atoms with Crippen molar-refractivity contribution in [1.82, 2.24) is 0 Å². The van der Waals surface area contributed by atoms with E-state index in [-0.39, 0.29) is 41.7 Å². The molecule has 4 aliphatic rings. The Balaban J connectivity index is 1.38. The predicted molar refractivity (Wildman–Crippen MR) is 142 cm³/mol. The first-order valence-corrected chi connectivity index (χ1v) is 13.6. The van der Waals surface area contributed by atoms with E-state index >= 15 is 0 Å². The van der Waals surface area contributed by atoms with Crippen LogP contribution in [0.15, 0.2) is 24.3 Å². The molecule has 2 fully saturated rings. The van der Waals surface area contributed by atoms with Crippen molar-refractivity contribution in [1.29, 1.82) is 0 Å². The Morgan fingerprint density at radius 2 is 1.10 bits per heavy atom. The number of hydrogen-bond donors (Lipinski definition) is 0. The molecule has 2 aromatic carbocycles. The molecule has 2 aliphatic carbocycles. The second kappa shape index (κ2) is 8.96. The minimum atomic E-state index is -0.728. The van der Waals surface area contributed by atoms with E-state index < -0.39 is 12.3 Å². The van der Waals surface area contributed by atoms with Gasteiger partial charge in [0, 0.05) is 5.41 Å². The summed E-state index contributed by atoms with van der Waals surface area (Å²) in [7, 11) is 0. The van der Waals surface area contributed by atoms with Gasteiger partial charge in [0.25, 0.3) is 0 Å². The van der Waals surface area contributed by atoms with Crippen LogP contribution in [0.1, 0.15) is 73.9 Å². The molecule has 0 N–H and O–H groups in total. The van der Waals surface area contributed by atoms with Gasteiger partial charge in [-0.05, 0) is 83.0 Å². The SMILES string of the molecule is Cc1cc2c(cc1OC(=O)OCC1CO1)C1(CC2(C)C)CC(C)(C)c2cc(C)c(OC(=O)OCC3CO3)cc21. The van der Waals surface area contributed by atoms with E-state index in [0.29, 0.717) is 24.7 Å². The van der Waals surface area contributed by atoms with Crippen LogP contribution >= 0.6 is 0 Å². The lowest BCUT2D eigenvalue weighted by Crippen LogP contribution is -2.27. The second-order valence-electron chi connectivity index (χ2n) is 12.8. The summed E-state index contributed by atoms with van der Waals surface area (Å²) < 4.78 is 32.1. The topological polar surface area (TPSA) is 96.1 Å². The van der Waals surface area contributed by atoms with Crippen LogP contribution in [0.3, 0.4) is 0 Å². The third-order valence-electron chi connectivity index (χ3n) is 8.57. The molecular formula is C31H36O8. The second-order valence-corrected chi connectivity index (χ2v) is 12.8. The Morgan fingerprint density at radius 3 is 1.46 bits per heavy atom. The van der Waals surface area contributed by atoms with Crippen LogP contribution in [0.4, 0.5) is 9.59 Å². The van der Waals surface area contributed by atoms with E-state index in [4.69, 9.17) is 28.4 Å². The molecule has 6 rings (SSSR count). The fourth-order valence-corrected chi connectivity index (χ4v) is 6.68. The monoisotopic (exact) mass is 536 g/mol. The number of fused-ring (bicyclic) bond motifs is 4. The summed E-state index contributed by atoms with van der Waals surface area (Å²) in [5.41, 5.74) is 5.95. The molecule has 39 heavy (non-hydrogen) atoms. The highest BCUT2D eigenvalue weighted by Gasteiger charge is 2.56. The number of carbonyl (C=O) groups excluding carboxylic acids is 2. The standard InChI is InChI=1S/C31H36O8/c1-17-7-21-23(9-25(17)38-27(32)36-13-19-11-34-19)31(15-29(21,3)4)16-30(5,6)22-8-18(2)26(10-24(22)31)39-28(33)37-14-20-12-35-20/h7-10,19-20H,11-16H2,1-6H3. The fourth-order valence-electron chi connectivity index (χ4n) is 6.68. The summed E-state index contributed by atoms with van der Waals surface area (Å²) in [4.78, 5) is 24.9. The maximum atomic E-state index is 12.5. The summed E-state index contributed by atoms with van der Waals surface area (Å²) in [6, 6.07) is 8.32. The molecule has 8 heteroatoms. The summed E-state index contributed by atoms with van der Waals surface area (Å²) in [6.07, 6.45) is 0.244. The summed E-state index contributed by atoms with van der Waals surface area (Å²) >= 11 is 0. The predicted octanol–water partition coefficient (Wildman–Crippen LogP) is 5.78. The van der Waals surface area contributed by atoms with Gasteiger partial charge in [-0.1, -0.05) is 39.8 Å². The van der Waals surface area contributed by atoms with E-state index in [1.807, 2.05) is 26.0 Å². The van der Waals surface area contributed by atoms with Crippen LogP contribution in [-0.4, -0.2) is 50.9 Å². The van der Waals surface area contributed by atoms with Gasteiger partial charge in [-0.25, -0.2) is 9.59 Å². The van der Waals surface area contributed by atoms with Crippen molar-refractivity contribution < 1.29 is 38.0 Å². The van der Waals surface area contributed by atoms with Crippen molar-refractivity contribution in [2.75, 3.05) is 26.4 Å². The fraction of sp³-hybridized carbons (Fsp3) is 0.548. The molecular weight excluding hydrogens is 500 g/mol. The van der Waals surface area contributed by atoms with Crippen LogP contribution in [0.5, 0.6) is 11.5 Å². The molecule has 2 aromatic rings. The van der Waals surface area contributed by atoms with Gasteiger partial charge in [0.05, 0.1) is 13.2 Å². The van der Waals surface area contributed by atoms with E-state index in [0.717, 1.165) is 35.1 Å². The number of epoxide rings is 2. The van der Waals surface area contributed by atoms with Crippen molar-refractivity contribution in [3.05, 3.63) is 57.6 Å². The molecule has 8 nitrogen and oxygen atoms in total. The molecule has 2 heterocycles. The number of ether oxygens (including phenoxy) is 6. The molecule has 2 aliphatic heterocycles. The lowest BCUT2D eigenvalue weighted by atomic mass is 9.72. The largest absolute Gasteiger partial charge is 0.513 e. The Kier molecular flexibility index (Phi) is 6.01. The zero-order chi connectivity index (χ0) is 27.7. The summed E-state index contributed by atoms with van der Waals surface area (Å²) in [6.45, 7) is 14.6. The van der Waals surface area contributed by atoms with E-state index in [1.165, 1.54) is 11.1 Å². The quantitative estimate of drug-likeness (QED) is 0.260. The van der Waals surface area contributed by atoms with Crippen molar-refractivity contribution in [2.45, 2.75) is 82.8 Å². The Hall–Kier alpha value is -3.10. The number of benzene rings is 2. The van der Waals surface area contributed by atoms with Gasteiger partial charge in [0.2, 0.25) is 0 Å². The number of hydrogen-bond acceptors (Lipinski definition) is 8. The van der Waals surface area contributed by atoms with Gasteiger partial charge < -0.3 is 28.4 Å². The third-order valence-corrected chi connectivity index (χ3v) is 8.57. The lowest BCUT2D eigenvalue weighted by molar-refractivity contribution is 0.0908. The molecule has 0 radical (unpaired) electrons. The average Bonchev–Trinajstić information content (AvgIpc) is 3.77. The zero-order valence-electron chi connectivity index (χ0n) is 23.5. The maximum Gasteiger partial charge on any atom is 0.513 e. The first-order valence-electron chi connectivity index (χ1n) is 13.6. The number of aryl methyl sites for hydroxylation is 2. The summed E-state index contributed by atoms with van der Waals surface area (Å²) in [5, 5.41) is 0. The van der Waals surface area contributed by atoms with Gasteiger partial charge in [0.15, 0.2) is 0 Å². The molecule has 0 aromatic heterocycles. The smallest absolute Gasteiger partial charge is 0.431 e. The van der Waals surface area contributed by atoms with Crippen molar-refractivity contribution >= 4 is 12.3 Å². The zero-order valence-corrected chi connectivity index (χ0v) is 23.5. The van der Waals surface area contributed by atoms with E-state index in [9.17, 15) is 9.59 Å². The first kappa shape index (κ1) is 26.1. The molecule has 2 unspecified atom stereocenters. The Morgan fingerprint density at radius 1 is 0.718 bits per heavy atom. The molecule has 0 saturated carbocycles. The van der Waals surface area contributed by atoms with Crippen LogP contribution in [0, 0.1) is 13.8 Å². The Bertz CT molecular complexity index is 1250. The summed E-state index contributed by atoms with van der Waals surface area (Å²) in [5.74, 6) is 0.988. The lowest BCUT2D eigenvalue weighted by Gasteiger charge is -2.30. The number of rotatable bonds is 6.